The van der Waals surface area contributed by atoms with E-state index in [2.05, 4.69) is 28.9 Å². The highest BCUT2D eigenvalue weighted by Crippen LogP contribution is 2.27. The van der Waals surface area contributed by atoms with E-state index in [0.717, 1.165) is 36.6 Å². The second-order valence-electron chi connectivity index (χ2n) is 7.14. The maximum atomic E-state index is 12.1. The van der Waals surface area contributed by atoms with E-state index in [-0.39, 0.29) is 35.8 Å². The average molecular weight is 470 g/mol. The highest BCUT2D eigenvalue weighted by molar-refractivity contribution is 14.0. The Balaban J connectivity index is 0.00000243. The molecule has 0 unspecified atom stereocenters. The van der Waals surface area contributed by atoms with Crippen LogP contribution >= 0.6 is 24.0 Å². The first-order chi connectivity index (χ1) is 12.2. The summed E-state index contributed by atoms with van der Waals surface area (Å²) >= 11 is 0. The molecule has 26 heavy (non-hydrogen) atoms. The molecule has 0 atom stereocenters. The van der Waals surface area contributed by atoms with Crippen molar-refractivity contribution in [3.8, 4) is 0 Å². The zero-order chi connectivity index (χ0) is 17.5. The van der Waals surface area contributed by atoms with Crippen molar-refractivity contribution in [3.05, 3.63) is 29.8 Å². The lowest BCUT2D eigenvalue weighted by molar-refractivity contribution is -0.122. The molecule has 0 heterocycles. The van der Waals surface area contributed by atoms with E-state index in [0.29, 0.717) is 12.6 Å². The molecule has 6 heteroatoms. The van der Waals surface area contributed by atoms with Gasteiger partial charge >= 0.3 is 0 Å². The van der Waals surface area contributed by atoms with Gasteiger partial charge in [0.05, 0.1) is 6.54 Å². The Bertz CT molecular complexity index is 610. The third-order valence-corrected chi connectivity index (χ3v) is 5.13. The SMILES string of the molecule is CCNC(=NCc1cccc(NC(=O)C2CCC2)c1)NC1CCCC1.I. The Morgan fingerprint density at radius 2 is 1.92 bits per heavy atom. The molecule has 0 aliphatic heterocycles. The fraction of sp³-hybridized carbons (Fsp3) is 0.600. The highest BCUT2D eigenvalue weighted by atomic mass is 127. The molecule has 5 nitrogen and oxygen atoms in total. The Morgan fingerprint density at radius 3 is 2.58 bits per heavy atom. The number of nitrogens with zero attached hydrogens (tertiary/aromatic N) is 1. The number of carbonyl (C=O) groups excluding carboxylic acids is 1. The molecule has 3 rings (SSSR count). The van der Waals surface area contributed by atoms with Gasteiger partial charge in [-0.2, -0.15) is 0 Å². The van der Waals surface area contributed by atoms with Gasteiger partial charge in [0, 0.05) is 24.2 Å². The number of nitrogens with one attached hydrogen (secondary N) is 3. The number of aliphatic imine (C=N–C) groups is 1. The third-order valence-electron chi connectivity index (χ3n) is 5.13. The lowest BCUT2D eigenvalue weighted by Gasteiger charge is -2.24. The van der Waals surface area contributed by atoms with Gasteiger partial charge in [0.1, 0.15) is 0 Å². The molecule has 2 aliphatic rings. The van der Waals surface area contributed by atoms with Crippen LogP contribution in [0.3, 0.4) is 0 Å². The molecule has 144 valence electrons. The molecule has 3 N–H and O–H groups in total. The van der Waals surface area contributed by atoms with E-state index < -0.39 is 0 Å². The minimum Gasteiger partial charge on any atom is -0.357 e. The number of rotatable bonds is 6. The minimum absolute atomic E-state index is 0. The smallest absolute Gasteiger partial charge is 0.227 e. The molecular formula is C20H31IN4O. The first kappa shape index (κ1) is 21.0. The molecule has 0 bridgehead atoms. The molecular weight excluding hydrogens is 439 g/mol. The fourth-order valence-electron chi connectivity index (χ4n) is 3.42. The summed E-state index contributed by atoms with van der Waals surface area (Å²) in [6.07, 6.45) is 8.29. The standard InChI is InChI=1S/C20H30N4O.HI/c1-2-21-20(24-17-10-3-4-11-17)22-14-15-7-5-12-18(13-15)23-19(25)16-8-6-9-16;/h5,7,12-13,16-17H,2-4,6,8-11,14H2,1H3,(H,23,25)(H2,21,22,24);1H. The molecule has 2 saturated carbocycles. The van der Waals surface area contributed by atoms with E-state index in [1.165, 1.54) is 32.1 Å². The van der Waals surface area contributed by atoms with Crippen LogP contribution in [0.15, 0.2) is 29.3 Å². The molecule has 1 aromatic rings. The monoisotopic (exact) mass is 470 g/mol. The van der Waals surface area contributed by atoms with Crippen LogP contribution in [0, 0.1) is 5.92 Å². The van der Waals surface area contributed by atoms with Crippen molar-refractivity contribution in [3.63, 3.8) is 0 Å². The van der Waals surface area contributed by atoms with Crippen LogP contribution in [-0.2, 0) is 11.3 Å². The minimum atomic E-state index is 0. The van der Waals surface area contributed by atoms with Gasteiger partial charge in [0.2, 0.25) is 5.91 Å². The number of guanidine groups is 1. The Kier molecular flexibility index (Phi) is 8.68. The summed E-state index contributed by atoms with van der Waals surface area (Å²) in [6.45, 7) is 3.55. The number of halogens is 1. The van der Waals surface area contributed by atoms with Crippen molar-refractivity contribution in [2.75, 3.05) is 11.9 Å². The molecule has 0 aromatic heterocycles. The topological polar surface area (TPSA) is 65.5 Å². The zero-order valence-corrected chi connectivity index (χ0v) is 17.9. The molecule has 0 radical (unpaired) electrons. The summed E-state index contributed by atoms with van der Waals surface area (Å²) in [7, 11) is 0. The van der Waals surface area contributed by atoms with Gasteiger partial charge in [-0.3, -0.25) is 4.79 Å². The number of hydrogen-bond acceptors (Lipinski definition) is 2. The number of amides is 1. The normalized spacial score (nSPS) is 18.0. The second-order valence-corrected chi connectivity index (χ2v) is 7.14. The maximum absolute atomic E-state index is 12.1. The van der Waals surface area contributed by atoms with Crippen LogP contribution in [0.25, 0.3) is 0 Å². The summed E-state index contributed by atoms with van der Waals surface area (Å²) in [5, 5.41) is 9.90. The predicted octanol–water partition coefficient (Wildman–Crippen LogP) is 4.04. The van der Waals surface area contributed by atoms with Crippen LogP contribution in [0.1, 0.15) is 57.4 Å². The van der Waals surface area contributed by atoms with E-state index in [1.54, 1.807) is 0 Å². The van der Waals surface area contributed by atoms with E-state index >= 15 is 0 Å². The molecule has 0 saturated heterocycles. The van der Waals surface area contributed by atoms with Gasteiger partial charge in [0.15, 0.2) is 5.96 Å². The summed E-state index contributed by atoms with van der Waals surface area (Å²) < 4.78 is 0. The largest absolute Gasteiger partial charge is 0.357 e. The van der Waals surface area contributed by atoms with E-state index in [1.807, 2.05) is 18.2 Å². The molecule has 2 aliphatic carbocycles. The Hall–Kier alpha value is -1.31. The predicted molar refractivity (Wildman–Crippen MR) is 118 cm³/mol. The van der Waals surface area contributed by atoms with Crippen LogP contribution < -0.4 is 16.0 Å². The van der Waals surface area contributed by atoms with Gasteiger partial charge in [-0.25, -0.2) is 4.99 Å². The third kappa shape index (κ3) is 6.14. The van der Waals surface area contributed by atoms with Crippen molar-refractivity contribution < 1.29 is 4.79 Å². The Labute approximate surface area is 173 Å². The van der Waals surface area contributed by atoms with Crippen molar-refractivity contribution in [1.82, 2.24) is 10.6 Å². The van der Waals surface area contributed by atoms with E-state index in [4.69, 9.17) is 4.99 Å². The van der Waals surface area contributed by atoms with Crippen LogP contribution in [0.4, 0.5) is 5.69 Å². The summed E-state index contributed by atoms with van der Waals surface area (Å²) in [6, 6.07) is 8.57. The maximum Gasteiger partial charge on any atom is 0.227 e. The van der Waals surface area contributed by atoms with Crippen molar-refractivity contribution in [1.29, 1.82) is 0 Å². The average Bonchev–Trinajstić information content (AvgIpc) is 3.04. The first-order valence-electron chi connectivity index (χ1n) is 9.69. The van der Waals surface area contributed by atoms with Gasteiger partial charge < -0.3 is 16.0 Å². The quantitative estimate of drug-likeness (QED) is 0.334. The molecule has 2 fully saturated rings. The van der Waals surface area contributed by atoms with Crippen LogP contribution in [0.5, 0.6) is 0 Å². The van der Waals surface area contributed by atoms with Gasteiger partial charge in [-0.05, 0) is 50.3 Å². The van der Waals surface area contributed by atoms with E-state index in [9.17, 15) is 4.79 Å². The van der Waals surface area contributed by atoms with Gasteiger partial charge in [-0.1, -0.05) is 31.4 Å². The molecule has 1 amide bonds. The second kappa shape index (κ2) is 10.7. The van der Waals surface area contributed by atoms with Crippen LogP contribution in [0.2, 0.25) is 0 Å². The lowest BCUT2D eigenvalue weighted by Crippen LogP contribution is -2.42. The molecule has 1 aromatic carbocycles. The van der Waals surface area contributed by atoms with Crippen molar-refractivity contribution in [2.45, 2.75) is 64.5 Å². The Morgan fingerprint density at radius 1 is 1.15 bits per heavy atom. The van der Waals surface area contributed by atoms with Gasteiger partial charge in [0.25, 0.3) is 0 Å². The summed E-state index contributed by atoms with van der Waals surface area (Å²) in [5.74, 6) is 1.25. The van der Waals surface area contributed by atoms with Gasteiger partial charge in [-0.15, -0.1) is 24.0 Å². The van der Waals surface area contributed by atoms with Crippen molar-refractivity contribution >= 4 is 41.5 Å². The zero-order valence-electron chi connectivity index (χ0n) is 15.6. The highest BCUT2D eigenvalue weighted by Gasteiger charge is 2.25. The number of anilines is 1. The lowest BCUT2D eigenvalue weighted by atomic mass is 9.85. The summed E-state index contributed by atoms with van der Waals surface area (Å²) in [5.41, 5.74) is 1.98. The molecule has 0 spiro atoms. The first-order valence-corrected chi connectivity index (χ1v) is 9.69. The fourth-order valence-corrected chi connectivity index (χ4v) is 3.42. The number of carbonyl (C=O) groups is 1. The van der Waals surface area contributed by atoms with Crippen molar-refractivity contribution in [2.24, 2.45) is 10.9 Å². The number of benzene rings is 1. The summed E-state index contributed by atoms with van der Waals surface area (Å²) in [4.78, 5) is 16.8. The number of hydrogen-bond donors (Lipinski definition) is 3. The van der Waals surface area contributed by atoms with Crippen LogP contribution in [-0.4, -0.2) is 24.5 Å².